The molecule has 0 saturated carbocycles. The molecule has 2 unspecified atom stereocenters. The first-order valence-corrected chi connectivity index (χ1v) is 5.34. The molecule has 0 amide bonds. The van der Waals surface area contributed by atoms with Crippen molar-refractivity contribution in [2.24, 2.45) is 5.73 Å². The van der Waals surface area contributed by atoms with Crippen molar-refractivity contribution in [3.05, 3.63) is 35.4 Å². The third-order valence-corrected chi connectivity index (χ3v) is 2.69. The maximum atomic E-state index is 5.77. The van der Waals surface area contributed by atoms with Crippen LogP contribution in [-0.2, 0) is 9.47 Å². The van der Waals surface area contributed by atoms with Crippen molar-refractivity contribution in [2.75, 3.05) is 13.2 Å². The van der Waals surface area contributed by atoms with E-state index in [4.69, 9.17) is 15.2 Å². The fourth-order valence-electron chi connectivity index (χ4n) is 1.86. The van der Waals surface area contributed by atoms with E-state index in [1.54, 1.807) is 0 Å². The summed E-state index contributed by atoms with van der Waals surface area (Å²) in [6.07, 6.45) is 0.713. The molecule has 1 heterocycles. The van der Waals surface area contributed by atoms with Crippen molar-refractivity contribution in [3.63, 3.8) is 0 Å². The van der Waals surface area contributed by atoms with E-state index in [9.17, 15) is 0 Å². The summed E-state index contributed by atoms with van der Waals surface area (Å²) in [5.41, 5.74) is 7.93. The molecule has 0 aromatic heterocycles. The molecule has 1 fully saturated rings. The summed E-state index contributed by atoms with van der Waals surface area (Å²) in [5.74, 6) is 0. The monoisotopic (exact) mass is 207 g/mol. The molecule has 2 N–H and O–H groups in total. The molecule has 15 heavy (non-hydrogen) atoms. The van der Waals surface area contributed by atoms with Gasteiger partial charge >= 0.3 is 0 Å². The maximum absolute atomic E-state index is 5.77. The second-order valence-corrected chi connectivity index (χ2v) is 3.82. The van der Waals surface area contributed by atoms with Gasteiger partial charge in [0.15, 0.2) is 6.29 Å². The average Bonchev–Trinajstić information content (AvgIpc) is 2.68. The van der Waals surface area contributed by atoms with Gasteiger partial charge in [0.25, 0.3) is 0 Å². The van der Waals surface area contributed by atoms with Crippen LogP contribution in [0.15, 0.2) is 24.3 Å². The second-order valence-electron chi connectivity index (χ2n) is 3.82. The van der Waals surface area contributed by atoms with Crippen LogP contribution in [0.1, 0.15) is 23.7 Å². The third kappa shape index (κ3) is 2.37. The fraction of sp³-hybridized carbons (Fsp3) is 0.500. The molecule has 3 nitrogen and oxygen atoms in total. The van der Waals surface area contributed by atoms with Crippen LogP contribution in [0, 0.1) is 6.92 Å². The number of ether oxygens (including phenoxy) is 2. The Bertz CT molecular complexity index is 327. The molecule has 1 aliphatic rings. The SMILES string of the molecule is Cc1ccccc1C1COC(CCN)O1. The second kappa shape index (κ2) is 4.75. The molecule has 2 rings (SSSR count). The molecule has 82 valence electrons. The van der Waals surface area contributed by atoms with Crippen LogP contribution in [0.3, 0.4) is 0 Å². The molecule has 1 aliphatic heterocycles. The lowest BCUT2D eigenvalue weighted by molar-refractivity contribution is -0.0607. The third-order valence-electron chi connectivity index (χ3n) is 2.69. The van der Waals surface area contributed by atoms with Gasteiger partial charge in [-0.25, -0.2) is 0 Å². The summed E-state index contributed by atoms with van der Waals surface area (Å²) in [7, 11) is 0. The zero-order valence-electron chi connectivity index (χ0n) is 8.98. The number of hydrogen-bond donors (Lipinski definition) is 1. The van der Waals surface area contributed by atoms with Crippen molar-refractivity contribution in [2.45, 2.75) is 25.7 Å². The summed E-state index contributed by atoms with van der Waals surface area (Å²) in [6.45, 7) is 3.33. The van der Waals surface area contributed by atoms with Gasteiger partial charge in [0.1, 0.15) is 6.10 Å². The van der Waals surface area contributed by atoms with Gasteiger partial charge < -0.3 is 15.2 Å². The van der Waals surface area contributed by atoms with Gasteiger partial charge in [-0.15, -0.1) is 0 Å². The zero-order chi connectivity index (χ0) is 10.7. The van der Waals surface area contributed by atoms with Gasteiger partial charge in [0, 0.05) is 6.42 Å². The predicted octanol–water partition coefficient (Wildman–Crippen LogP) is 1.76. The molecule has 0 aliphatic carbocycles. The van der Waals surface area contributed by atoms with Crippen LogP contribution in [0.4, 0.5) is 0 Å². The highest BCUT2D eigenvalue weighted by atomic mass is 16.7. The van der Waals surface area contributed by atoms with Crippen molar-refractivity contribution < 1.29 is 9.47 Å². The Balaban J connectivity index is 2.04. The zero-order valence-corrected chi connectivity index (χ0v) is 8.98. The first-order chi connectivity index (χ1) is 7.31. The Hall–Kier alpha value is -0.900. The van der Waals surface area contributed by atoms with E-state index < -0.39 is 0 Å². The number of rotatable bonds is 3. The Labute approximate surface area is 90.2 Å². The predicted molar refractivity (Wildman–Crippen MR) is 58.4 cm³/mol. The molecular weight excluding hydrogens is 190 g/mol. The summed E-state index contributed by atoms with van der Waals surface area (Å²) in [4.78, 5) is 0. The minimum atomic E-state index is -0.125. The van der Waals surface area contributed by atoms with Crippen LogP contribution in [0.25, 0.3) is 0 Å². The minimum Gasteiger partial charge on any atom is -0.350 e. The van der Waals surface area contributed by atoms with Gasteiger partial charge in [0.05, 0.1) is 6.61 Å². The fourth-order valence-corrected chi connectivity index (χ4v) is 1.86. The lowest BCUT2D eigenvalue weighted by atomic mass is 10.0. The summed E-state index contributed by atoms with van der Waals surface area (Å²) >= 11 is 0. The summed E-state index contributed by atoms with van der Waals surface area (Å²) < 4.78 is 11.3. The average molecular weight is 207 g/mol. The molecular formula is C12H17NO2. The van der Waals surface area contributed by atoms with E-state index >= 15 is 0 Å². The van der Waals surface area contributed by atoms with Gasteiger partial charge in [-0.3, -0.25) is 0 Å². The molecule has 0 spiro atoms. The molecule has 0 bridgehead atoms. The van der Waals surface area contributed by atoms with Crippen molar-refractivity contribution >= 4 is 0 Å². The molecule has 0 radical (unpaired) electrons. The summed E-state index contributed by atoms with van der Waals surface area (Å²) in [6, 6.07) is 8.25. The van der Waals surface area contributed by atoms with Crippen molar-refractivity contribution in [1.29, 1.82) is 0 Å². The van der Waals surface area contributed by atoms with E-state index in [2.05, 4.69) is 19.1 Å². The molecule has 2 atom stereocenters. The first-order valence-electron chi connectivity index (χ1n) is 5.34. The lowest BCUT2D eigenvalue weighted by Crippen LogP contribution is -2.14. The molecule has 1 aromatic carbocycles. The minimum absolute atomic E-state index is 0.0720. The summed E-state index contributed by atoms with van der Waals surface area (Å²) in [5, 5.41) is 0. The smallest absolute Gasteiger partial charge is 0.159 e. The number of benzene rings is 1. The maximum Gasteiger partial charge on any atom is 0.159 e. The van der Waals surface area contributed by atoms with Gasteiger partial charge in [-0.1, -0.05) is 24.3 Å². The highest BCUT2D eigenvalue weighted by molar-refractivity contribution is 5.28. The Kier molecular flexibility index (Phi) is 3.36. The van der Waals surface area contributed by atoms with E-state index in [1.165, 1.54) is 11.1 Å². The van der Waals surface area contributed by atoms with Crippen LogP contribution < -0.4 is 5.73 Å². The standard InChI is InChI=1S/C12H17NO2/c1-9-4-2-3-5-10(9)11-8-14-12(15-11)6-7-13/h2-5,11-12H,6-8,13H2,1H3. The Morgan fingerprint density at radius 1 is 1.40 bits per heavy atom. The van der Waals surface area contributed by atoms with E-state index in [0.29, 0.717) is 13.2 Å². The Morgan fingerprint density at radius 3 is 2.93 bits per heavy atom. The van der Waals surface area contributed by atoms with Crippen LogP contribution in [0.5, 0.6) is 0 Å². The lowest BCUT2D eigenvalue weighted by Gasteiger charge is -2.12. The topological polar surface area (TPSA) is 44.5 Å². The number of hydrogen-bond acceptors (Lipinski definition) is 3. The van der Waals surface area contributed by atoms with E-state index in [0.717, 1.165) is 6.42 Å². The molecule has 1 aromatic rings. The van der Waals surface area contributed by atoms with Crippen LogP contribution in [0.2, 0.25) is 0 Å². The Morgan fingerprint density at radius 2 is 2.20 bits per heavy atom. The van der Waals surface area contributed by atoms with Gasteiger partial charge in [-0.2, -0.15) is 0 Å². The van der Waals surface area contributed by atoms with Gasteiger partial charge in [0.2, 0.25) is 0 Å². The van der Waals surface area contributed by atoms with E-state index in [1.807, 2.05) is 12.1 Å². The van der Waals surface area contributed by atoms with Crippen LogP contribution >= 0.6 is 0 Å². The van der Waals surface area contributed by atoms with Gasteiger partial charge in [-0.05, 0) is 24.6 Å². The number of nitrogens with two attached hydrogens (primary N) is 1. The molecule has 1 saturated heterocycles. The van der Waals surface area contributed by atoms with E-state index in [-0.39, 0.29) is 12.4 Å². The first kappa shape index (κ1) is 10.6. The highest BCUT2D eigenvalue weighted by Gasteiger charge is 2.27. The van der Waals surface area contributed by atoms with Crippen LogP contribution in [-0.4, -0.2) is 19.4 Å². The quantitative estimate of drug-likeness (QED) is 0.821. The largest absolute Gasteiger partial charge is 0.350 e. The van der Waals surface area contributed by atoms with Crippen molar-refractivity contribution in [3.8, 4) is 0 Å². The molecule has 3 heteroatoms. The highest BCUT2D eigenvalue weighted by Crippen LogP contribution is 2.29. The normalized spacial score (nSPS) is 25.7. The van der Waals surface area contributed by atoms with Crippen molar-refractivity contribution in [1.82, 2.24) is 0 Å². The number of aryl methyl sites for hydroxylation is 1.